The van der Waals surface area contributed by atoms with Crippen LogP contribution in [-0.4, -0.2) is 39.4 Å². The maximum absolute atomic E-state index is 6.16. The Balaban J connectivity index is 2.08. The fraction of sp³-hybridized carbons (Fsp3) is 0.538. The summed E-state index contributed by atoms with van der Waals surface area (Å²) in [6.45, 7) is 5.53. The second kappa shape index (κ2) is 5.71. The van der Waals surface area contributed by atoms with Gasteiger partial charge in [0.25, 0.3) is 0 Å². The summed E-state index contributed by atoms with van der Waals surface area (Å²) in [6.07, 6.45) is 0.258. The predicted octanol–water partition coefficient (Wildman–Crippen LogP) is 2.07. The van der Waals surface area contributed by atoms with Gasteiger partial charge in [0.2, 0.25) is 0 Å². The summed E-state index contributed by atoms with van der Waals surface area (Å²) in [4.78, 5) is 2.33. The van der Waals surface area contributed by atoms with Gasteiger partial charge in [0, 0.05) is 30.3 Å². The third kappa shape index (κ3) is 3.12. The van der Waals surface area contributed by atoms with E-state index < -0.39 is 0 Å². The number of morpholine rings is 1. The normalized spacial score (nSPS) is 20.6. The Morgan fingerprint density at radius 2 is 2.35 bits per heavy atom. The van der Waals surface area contributed by atoms with E-state index in [1.807, 2.05) is 20.0 Å². The fourth-order valence-corrected chi connectivity index (χ4v) is 2.26. The fourth-order valence-electron chi connectivity index (χ4n) is 2.08. The Labute approximate surface area is 108 Å². The van der Waals surface area contributed by atoms with E-state index in [1.165, 1.54) is 5.69 Å². The molecule has 1 N–H and O–H groups in total. The second-order valence-electron chi connectivity index (χ2n) is 4.43. The summed E-state index contributed by atoms with van der Waals surface area (Å²) in [5.41, 5.74) is 2.31. The van der Waals surface area contributed by atoms with Crippen molar-refractivity contribution < 1.29 is 4.74 Å². The zero-order chi connectivity index (χ0) is 12.3. The molecule has 1 aromatic carbocycles. The van der Waals surface area contributed by atoms with Crippen LogP contribution in [-0.2, 0) is 4.74 Å². The number of likely N-dealkylation sites (N-methyl/N-ethyl adjacent to an activating group) is 1. The summed E-state index contributed by atoms with van der Waals surface area (Å²) in [6, 6.07) is 6.24. The number of ether oxygens (including phenoxy) is 1. The van der Waals surface area contributed by atoms with Crippen LogP contribution in [0.1, 0.15) is 5.56 Å². The molecule has 1 saturated heterocycles. The molecule has 1 atom stereocenters. The Hall–Kier alpha value is -0.770. The zero-order valence-corrected chi connectivity index (χ0v) is 11.1. The molecule has 3 nitrogen and oxygen atoms in total. The van der Waals surface area contributed by atoms with Crippen molar-refractivity contribution in [2.75, 3.05) is 38.2 Å². The highest BCUT2D eigenvalue weighted by molar-refractivity contribution is 6.31. The zero-order valence-electron chi connectivity index (χ0n) is 10.4. The topological polar surface area (TPSA) is 24.5 Å². The lowest BCUT2D eigenvalue weighted by atomic mass is 10.2. The minimum absolute atomic E-state index is 0.258. The van der Waals surface area contributed by atoms with E-state index in [1.54, 1.807) is 0 Å². The number of nitrogens with one attached hydrogen (secondary N) is 1. The summed E-state index contributed by atoms with van der Waals surface area (Å²) < 4.78 is 5.69. The van der Waals surface area contributed by atoms with E-state index in [0.717, 1.165) is 36.8 Å². The van der Waals surface area contributed by atoms with E-state index in [4.69, 9.17) is 16.3 Å². The van der Waals surface area contributed by atoms with E-state index in [9.17, 15) is 0 Å². The molecule has 0 bridgehead atoms. The smallest absolute Gasteiger partial charge is 0.0874 e. The van der Waals surface area contributed by atoms with Gasteiger partial charge in [-0.05, 0) is 31.7 Å². The van der Waals surface area contributed by atoms with Crippen LogP contribution in [0.25, 0.3) is 0 Å². The molecule has 94 valence electrons. The van der Waals surface area contributed by atoms with Gasteiger partial charge in [0.15, 0.2) is 0 Å². The minimum Gasteiger partial charge on any atom is -0.373 e. The van der Waals surface area contributed by atoms with Crippen LogP contribution in [0.2, 0.25) is 5.02 Å². The Kier molecular flexibility index (Phi) is 4.26. The lowest BCUT2D eigenvalue weighted by Crippen LogP contribution is -2.46. The van der Waals surface area contributed by atoms with Crippen molar-refractivity contribution in [1.82, 2.24) is 5.32 Å². The van der Waals surface area contributed by atoms with Crippen LogP contribution in [0.4, 0.5) is 5.69 Å². The molecular weight excluding hydrogens is 236 g/mol. The molecule has 0 saturated carbocycles. The lowest BCUT2D eigenvalue weighted by molar-refractivity contribution is 0.0422. The Morgan fingerprint density at radius 3 is 3.06 bits per heavy atom. The van der Waals surface area contributed by atoms with Crippen LogP contribution >= 0.6 is 11.6 Å². The van der Waals surface area contributed by atoms with Crippen LogP contribution in [0.15, 0.2) is 18.2 Å². The van der Waals surface area contributed by atoms with Gasteiger partial charge in [0.05, 0.1) is 12.7 Å². The van der Waals surface area contributed by atoms with E-state index in [-0.39, 0.29) is 6.10 Å². The largest absolute Gasteiger partial charge is 0.373 e. The maximum atomic E-state index is 6.16. The molecule has 1 unspecified atom stereocenters. The monoisotopic (exact) mass is 254 g/mol. The Bertz CT molecular complexity index is 382. The molecule has 1 aliphatic rings. The standard InChI is InChI=1S/C13H19ClN2O/c1-10-3-4-11(7-13(10)14)16-5-6-17-12(9-16)8-15-2/h3-4,7,12,15H,5-6,8-9H2,1-2H3. The van der Waals surface area contributed by atoms with Crippen LogP contribution in [0.3, 0.4) is 0 Å². The number of halogens is 1. The number of hydrogen-bond donors (Lipinski definition) is 1. The molecule has 1 fully saturated rings. The number of aryl methyl sites for hydroxylation is 1. The first kappa shape index (κ1) is 12.7. The third-order valence-corrected chi connectivity index (χ3v) is 3.50. The molecule has 0 aliphatic carbocycles. The van der Waals surface area contributed by atoms with E-state index in [0.29, 0.717) is 0 Å². The number of anilines is 1. The molecule has 1 aliphatic heterocycles. The van der Waals surface area contributed by atoms with Crippen molar-refractivity contribution in [3.8, 4) is 0 Å². The van der Waals surface area contributed by atoms with Gasteiger partial charge in [0.1, 0.15) is 0 Å². The predicted molar refractivity (Wildman–Crippen MR) is 72.1 cm³/mol. The lowest BCUT2D eigenvalue weighted by Gasteiger charge is -2.34. The van der Waals surface area contributed by atoms with Crippen molar-refractivity contribution in [2.45, 2.75) is 13.0 Å². The average molecular weight is 255 g/mol. The van der Waals surface area contributed by atoms with Gasteiger partial charge < -0.3 is 15.0 Å². The Morgan fingerprint density at radius 1 is 1.53 bits per heavy atom. The molecule has 0 aromatic heterocycles. The maximum Gasteiger partial charge on any atom is 0.0874 e. The molecule has 1 aromatic rings. The molecule has 17 heavy (non-hydrogen) atoms. The molecule has 0 spiro atoms. The summed E-state index contributed by atoms with van der Waals surface area (Å²) in [5, 5.41) is 3.98. The van der Waals surface area contributed by atoms with Gasteiger partial charge in [-0.15, -0.1) is 0 Å². The summed E-state index contributed by atoms with van der Waals surface area (Å²) in [7, 11) is 1.95. The van der Waals surface area contributed by atoms with Crippen molar-refractivity contribution in [2.24, 2.45) is 0 Å². The third-order valence-electron chi connectivity index (χ3n) is 3.09. The van der Waals surface area contributed by atoms with Gasteiger partial charge in [-0.3, -0.25) is 0 Å². The molecule has 1 heterocycles. The first-order valence-electron chi connectivity index (χ1n) is 5.98. The number of benzene rings is 1. The van der Waals surface area contributed by atoms with Gasteiger partial charge in [-0.1, -0.05) is 17.7 Å². The second-order valence-corrected chi connectivity index (χ2v) is 4.84. The molecule has 4 heteroatoms. The number of nitrogens with zero attached hydrogens (tertiary/aromatic N) is 1. The minimum atomic E-state index is 0.258. The van der Waals surface area contributed by atoms with Crippen LogP contribution in [0, 0.1) is 6.92 Å². The van der Waals surface area contributed by atoms with Crippen molar-refractivity contribution >= 4 is 17.3 Å². The number of rotatable bonds is 3. The van der Waals surface area contributed by atoms with Crippen molar-refractivity contribution in [1.29, 1.82) is 0 Å². The molecule has 0 radical (unpaired) electrons. The molecular formula is C13H19ClN2O. The first-order valence-corrected chi connectivity index (χ1v) is 6.36. The van der Waals surface area contributed by atoms with Gasteiger partial charge in [-0.2, -0.15) is 0 Å². The average Bonchev–Trinajstić information content (AvgIpc) is 2.33. The molecule has 2 rings (SSSR count). The first-order chi connectivity index (χ1) is 8.20. The quantitative estimate of drug-likeness (QED) is 0.894. The molecule has 0 amide bonds. The number of hydrogen-bond acceptors (Lipinski definition) is 3. The highest BCUT2D eigenvalue weighted by Crippen LogP contribution is 2.24. The SMILES string of the molecule is CNCC1CN(c2ccc(C)c(Cl)c2)CCO1. The van der Waals surface area contributed by atoms with Gasteiger partial charge in [-0.25, -0.2) is 0 Å². The van der Waals surface area contributed by atoms with Crippen molar-refractivity contribution in [3.05, 3.63) is 28.8 Å². The van der Waals surface area contributed by atoms with E-state index in [2.05, 4.69) is 22.3 Å². The highest BCUT2D eigenvalue weighted by Gasteiger charge is 2.20. The highest BCUT2D eigenvalue weighted by atomic mass is 35.5. The van der Waals surface area contributed by atoms with Crippen LogP contribution in [0.5, 0.6) is 0 Å². The summed E-state index contributed by atoms with van der Waals surface area (Å²) in [5.74, 6) is 0. The van der Waals surface area contributed by atoms with Crippen molar-refractivity contribution in [3.63, 3.8) is 0 Å². The van der Waals surface area contributed by atoms with Gasteiger partial charge >= 0.3 is 0 Å². The van der Waals surface area contributed by atoms with Crippen LogP contribution < -0.4 is 10.2 Å². The van der Waals surface area contributed by atoms with E-state index >= 15 is 0 Å². The summed E-state index contributed by atoms with van der Waals surface area (Å²) >= 11 is 6.16.